The summed E-state index contributed by atoms with van der Waals surface area (Å²) in [5.74, 6) is -2.01. The van der Waals surface area contributed by atoms with E-state index in [1.54, 1.807) is 0 Å². The Kier molecular flexibility index (Phi) is 50.3. The Hall–Kier alpha value is -2.56. The molecule has 3 fully saturated rings. The van der Waals surface area contributed by atoms with Gasteiger partial charge in [0.2, 0.25) is 0 Å². The number of carbonyl (C=O) groups is 3. The maximum Gasteiger partial charge on any atom is 0.472 e. The van der Waals surface area contributed by atoms with E-state index in [1.807, 2.05) is 0 Å². The SMILES string of the molecule is CCCCCC/C=C\CCCCCCCCCC(=O)OC(COC(=O)CCCCC/C=C\CCCCCCCCC)COP(=O)(O)OC1C(OC2OC(CO)C(O)C(O)C2O)C(O)C(O)C(O)C1OC1OC(COC(=O)CCCCCCCCCCCCCCCC)C(O)C(O)C1O. The van der Waals surface area contributed by atoms with Crippen LogP contribution >= 0.6 is 7.82 Å². The van der Waals surface area contributed by atoms with Gasteiger partial charge in [0.15, 0.2) is 18.7 Å². The number of aliphatic hydroxyl groups excluding tert-OH is 10. The molecule has 0 aromatic rings. The van der Waals surface area contributed by atoms with Crippen LogP contribution in [-0.2, 0) is 61.2 Å². The molecule has 0 spiro atoms. The summed E-state index contributed by atoms with van der Waals surface area (Å²) < 4.78 is 65.0. The molecule has 3 aliphatic rings. The van der Waals surface area contributed by atoms with Crippen molar-refractivity contribution in [2.24, 2.45) is 0 Å². The predicted octanol–water partition coefficient (Wildman–Crippen LogP) is 10.5. The molecular formula is C73H133O24P. The van der Waals surface area contributed by atoms with Gasteiger partial charge in [-0.2, -0.15) is 0 Å². The fourth-order valence-corrected chi connectivity index (χ4v) is 13.4. The summed E-state index contributed by atoms with van der Waals surface area (Å²) in [5, 5.41) is 110. The highest BCUT2D eigenvalue weighted by Crippen LogP contribution is 2.49. The van der Waals surface area contributed by atoms with Gasteiger partial charge in [-0.25, -0.2) is 4.57 Å². The Balaban J connectivity index is 1.74. The second-order valence-corrected chi connectivity index (χ2v) is 28.8. The molecule has 0 amide bonds. The molecule has 2 saturated heterocycles. The third-order valence-electron chi connectivity index (χ3n) is 18.7. The minimum atomic E-state index is -5.70. The zero-order valence-electron chi connectivity index (χ0n) is 59.8. The van der Waals surface area contributed by atoms with Gasteiger partial charge in [0.05, 0.1) is 13.2 Å². The van der Waals surface area contributed by atoms with Crippen LogP contribution in [0, 0.1) is 0 Å². The zero-order valence-corrected chi connectivity index (χ0v) is 60.7. The minimum absolute atomic E-state index is 0.0248. The van der Waals surface area contributed by atoms with E-state index in [0.29, 0.717) is 19.3 Å². The molecule has 11 N–H and O–H groups in total. The quantitative estimate of drug-likeness (QED) is 0.00886. The number of unbranched alkanes of at least 4 members (excludes halogenated alkanes) is 34. The number of carbonyl (C=O) groups excluding carboxylic acids is 3. The molecule has 0 radical (unpaired) electrons. The van der Waals surface area contributed by atoms with Gasteiger partial charge in [-0.05, 0) is 70.6 Å². The maximum absolute atomic E-state index is 14.3. The molecule has 0 aromatic heterocycles. The molecule has 0 bridgehead atoms. The molecule has 2 heterocycles. The third-order valence-corrected chi connectivity index (χ3v) is 19.7. The van der Waals surface area contributed by atoms with Gasteiger partial charge in [0.25, 0.3) is 0 Å². The summed E-state index contributed by atoms with van der Waals surface area (Å²) in [6.45, 7) is 3.42. The van der Waals surface area contributed by atoms with Gasteiger partial charge in [0.1, 0.15) is 98.7 Å². The zero-order chi connectivity index (χ0) is 71.8. The van der Waals surface area contributed by atoms with Crippen LogP contribution in [0.2, 0.25) is 0 Å². The molecule has 18 atom stereocenters. The highest BCUT2D eigenvalue weighted by atomic mass is 31.2. The molecule has 0 aromatic carbocycles. The maximum atomic E-state index is 14.3. The molecule has 1 saturated carbocycles. The van der Waals surface area contributed by atoms with Crippen molar-refractivity contribution in [3.8, 4) is 0 Å². The van der Waals surface area contributed by atoms with Crippen LogP contribution in [0.4, 0.5) is 0 Å². The molecule has 2 aliphatic heterocycles. The molecule has 574 valence electrons. The van der Waals surface area contributed by atoms with Crippen LogP contribution in [-0.4, -0.2) is 204 Å². The summed E-state index contributed by atoms with van der Waals surface area (Å²) in [7, 11) is -5.70. The molecule has 24 nitrogen and oxygen atoms in total. The number of aliphatic hydroxyl groups is 10. The van der Waals surface area contributed by atoms with Crippen LogP contribution in [0.25, 0.3) is 0 Å². The van der Waals surface area contributed by atoms with Crippen molar-refractivity contribution in [2.75, 3.05) is 26.4 Å². The van der Waals surface area contributed by atoms with Crippen molar-refractivity contribution in [1.82, 2.24) is 0 Å². The van der Waals surface area contributed by atoms with Crippen molar-refractivity contribution < 1.29 is 117 Å². The van der Waals surface area contributed by atoms with E-state index in [4.69, 9.17) is 42.2 Å². The van der Waals surface area contributed by atoms with Crippen LogP contribution in [0.3, 0.4) is 0 Å². The first-order chi connectivity index (χ1) is 47.3. The Morgan fingerprint density at radius 1 is 0.388 bits per heavy atom. The van der Waals surface area contributed by atoms with Gasteiger partial charge in [0, 0.05) is 19.3 Å². The average molecular weight is 1430 g/mol. The van der Waals surface area contributed by atoms with E-state index in [2.05, 4.69) is 45.1 Å². The van der Waals surface area contributed by atoms with E-state index in [9.17, 15) is 74.9 Å². The van der Waals surface area contributed by atoms with Gasteiger partial charge >= 0.3 is 25.7 Å². The summed E-state index contributed by atoms with van der Waals surface area (Å²) in [6.07, 6.45) is 15.2. The normalized spacial score (nSPS) is 27.7. The summed E-state index contributed by atoms with van der Waals surface area (Å²) in [5.41, 5.74) is 0. The molecular weight excluding hydrogens is 1290 g/mol. The first-order valence-corrected chi connectivity index (χ1v) is 39.6. The highest BCUT2D eigenvalue weighted by Gasteiger charge is 2.58. The standard InChI is InChI=1S/C73H133O24P/c1-4-7-10-13-16-19-22-25-28-31-34-37-40-43-46-49-59(77)92-54(51-89-57(75)47-44-41-38-35-32-29-26-23-20-17-14-11-8-5-2)52-91-98(87,88)97-71-69(95-72-67(85)62(80)60(78)55(50-74)93-72)65(83)64(82)66(84)70(71)96-73-68(86)63(81)61(79)56(94-73)53-90-58(76)48-45-42-39-36-33-30-27-24-21-18-15-12-9-6-3/h19,22,29,32,54-56,60-74,78-86H,4-18,20-21,23-28,30-31,33-53H2,1-3H3,(H,87,88)/b22-19-,32-29-. The van der Waals surface area contributed by atoms with Crippen LogP contribution in [0.15, 0.2) is 24.3 Å². The molecule has 25 heteroatoms. The van der Waals surface area contributed by atoms with Crippen LogP contribution in [0.1, 0.15) is 290 Å². The second kappa shape index (κ2) is 55.0. The molecule has 98 heavy (non-hydrogen) atoms. The predicted molar refractivity (Wildman–Crippen MR) is 370 cm³/mol. The lowest BCUT2D eigenvalue weighted by molar-refractivity contribution is -0.360. The third kappa shape index (κ3) is 37.7. The van der Waals surface area contributed by atoms with E-state index < -0.39 is 156 Å². The lowest BCUT2D eigenvalue weighted by atomic mass is 9.84. The first kappa shape index (κ1) is 89.7. The van der Waals surface area contributed by atoms with Crippen molar-refractivity contribution in [3.63, 3.8) is 0 Å². The number of hydrogen-bond donors (Lipinski definition) is 11. The number of allylic oxidation sites excluding steroid dienone is 4. The van der Waals surface area contributed by atoms with Crippen molar-refractivity contribution in [2.45, 2.75) is 395 Å². The Morgan fingerprint density at radius 2 is 0.714 bits per heavy atom. The largest absolute Gasteiger partial charge is 0.472 e. The number of hydrogen-bond acceptors (Lipinski definition) is 23. The number of phosphoric ester groups is 1. The Morgan fingerprint density at radius 3 is 1.12 bits per heavy atom. The summed E-state index contributed by atoms with van der Waals surface area (Å²) >= 11 is 0. The van der Waals surface area contributed by atoms with E-state index in [-0.39, 0.29) is 19.3 Å². The Bertz CT molecular complexity index is 2120. The van der Waals surface area contributed by atoms with Gasteiger partial charge in [-0.15, -0.1) is 0 Å². The summed E-state index contributed by atoms with van der Waals surface area (Å²) in [6, 6.07) is 0. The van der Waals surface area contributed by atoms with Crippen molar-refractivity contribution >= 4 is 25.7 Å². The fraction of sp³-hybridized carbons (Fsp3) is 0.904. The van der Waals surface area contributed by atoms with Crippen LogP contribution < -0.4 is 0 Å². The smallest absolute Gasteiger partial charge is 0.463 e. The fourth-order valence-electron chi connectivity index (χ4n) is 12.5. The van der Waals surface area contributed by atoms with E-state index in [1.165, 1.54) is 116 Å². The van der Waals surface area contributed by atoms with Gasteiger partial charge in [-0.3, -0.25) is 23.4 Å². The second-order valence-electron chi connectivity index (χ2n) is 27.4. The molecule has 18 unspecified atom stereocenters. The topological polar surface area (TPSA) is 374 Å². The van der Waals surface area contributed by atoms with Gasteiger partial charge in [-0.1, -0.05) is 225 Å². The van der Waals surface area contributed by atoms with Gasteiger partial charge < -0.3 is 89.1 Å². The highest BCUT2D eigenvalue weighted by molar-refractivity contribution is 7.47. The molecule has 3 rings (SSSR count). The van der Waals surface area contributed by atoms with Crippen molar-refractivity contribution in [1.29, 1.82) is 0 Å². The first-order valence-electron chi connectivity index (χ1n) is 38.1. The number of ether oxygens (including phenoxy) is 7. The number of phosphoric acid groups is 1. The number of esters is 3. The number of rotatable bonds is 59. The van der Waals surface area contributed by atoms with E-state index in [0.717, 1.165) is 116 Å². The summed E-state index contributed by atoms with van der Waals surface area (Å²) in [4.78, 5) is 51.0. The Labute approximate surface area is 585 Å². The van der Waals surface area contributed by atoms with Crippen LogP contribution in [0.5, 0.6) is 0 Å². The monoisotopic (exact) mass is 1420 g/mol. The lowest BCUT2D eigenvalue weighted by Crippen LogP contribution is -2.69. The van der Waals surface area contributed by atoms with Crippen molar-refractivity contribution in [3.05, 3.63) is 24.3 Å². The molecule has 1 aliphatic carbocycles. The average Bonchev–Trinajstić information content (AvgIpc) is 0.762. The lowest BCUT2D eigenvalue weighted by Gasteiger charge is -2.49. The van der Waals surface area contributed by atoms with E-state index >= 15 is 0 Å². The minimum Gasteiger partial charge on any atom is -0.463 e.